The lowest BCUT2D eigenvalue weighted by Crippen LogP contribution is -2.29. The van der Waals surface area contributed by atoms with Crippen LogP contribution in [0.25, 0.3) is 0 Å². The molecule has 0 saturated heterocycles. The lowest BCUT2D eigenvalue weighted by molar-refractivity contribution is 0.259. The number of nitrogens with one attached hydrogen (secondary N) is 1. The number of nitrogens with two attached hydrogens (primary N) is 1. The van der Waals surface area contributed by atoms with Crippen LogP contribution in [0.15, 0.2) is 54.6 Å². The van der Waals surface area contributed by atoms with Gasteiger partial charge in [0.05, 0.1) is 11.4 Å². The zero-order valence-corrected chi connectivity index (χ0v) is 13.0. The molecule has 0 spiro atoms. The number of benzene rings is 2. The van der Waals surface area contributed by atoms with Crippen LogP contribution >= 0.6 is 0 Å². The minimum atomic E-state index is -0.562. The van der Waals surface area contributed by atoms with Gasteiger partial charge in [-0.25, -0.2) is 4.79 Å². The van der Waals surface area contributed by atoms with E-state index in [0.29, 0.717) is 5.69 Å². The molecule has 0 atom stereocenters. The maximum absolute atomic E-state index is 11.2. The van der Waals surface area contributed by atoms with Crippen molar-refractivity contribution in [3.8, 4) is 0 Å². The number of hydrogen-bond acceptors (Lipinski definition) is 3. The second-order valence-electron chi connectivity index (χ2n) is 5.30. The molecule has 0 unspecified atom stereocenters. The number of hydrogen-bond donors (Lipinski definition) is 2. The number of nitrogens with zero attached hydrogens (tertiary/aromatic N) is 2. The zero-order valence-electron chi connectivity index (χ0n) is 13.0. The predicted octanol–water partition coefficient (Wildman–Crippen LogP) is 2.88. The molecule has 5 heteroatoms. The Morgan fingerprint density at radius 1 is 1.00 bits per heavy atom. The molecule has 2 amide bonds. The highest BCUT2D eigenvalue weighted by atomic mass is 16.2. The molecule has 0 saturated carbocycles. The van der Waals surface area contributed by atoms with Crippen molar-refractivity contribution in [2.75, 3.05) is 37.4 Å². The number of carbonyl (C=O) groups excluding carboxylic acids is 1. The van der Waals surface area contributed by atoms with E-state index in [1.54, 1.807) is 0 Å². The van der Waals surface area contributed by atoms with E-state index in [0.717, 1.165) is 24.5 Å². The molecule has 5 nitrogen and oxygen atoms in total. The van der Waals surface area contributed by atoms with Crippen LogP contribution < -0.4 is 16.0 Å². The van der Waals surface area contributed by atoms with E-state index in [1.165, 1.54) is 0 Å². The van der Waals surface area contributed by atoms with Gasteiger partial charge in [-0.1, -0.05) is 30.3 Å². The Balaban J connectivity index is 2.38. The van der Waals surface area contributed by atoms with Crippen molar-refractivity contribution in [1.29, 1.82) is 0 Å². The molecular formula is C17H22N4O. The Kier molecular flexibility index (Phi) is 5.38. The smallest absolute Gasteiger partial charge is 0.316 e. The summed E-state index contributed by atoms with van der Waals surface area (Å²) in [6, 6.07) is 17.2. The van der Waals surface area contributed by atoms with E-state index < -0.39 is 6.03 Å². The van der Waals surface area contributed by atoms with Crippen molar-refractivity contribution < 1.29 is 4.79 Å². The second-order valence-corrected chi connectivity index (χ2v) is 5.30. The summed E-state index contributed by atoms with van der Waals surface area (Å²) in [5.41, 5.74) is 7.98. The highest BCUT2D eigenvalue weighted by molar-refractivity contribution is 5.93. The van der Waals surface area contributed by atoms with Gasteiger partial charge in [0.25, 0.3) is 0 Å². The number of carbonyl (C=O) groups is 1. The van der Waals surface area contributed by atoms with Gasteiger partial charge in [-0.2, -0.15) is 0 Å². The molecule has 0 fully saturated rings. The highest BCUT2D eigenvalue weighted by Gasteiger charge is 2.14. The molecule has 0 heterocycles. The number of para-hydroxylation sites is 3. The number of likely N-dealkylation sites (N-methyl/N-ethyl adjacent to an activating group) is 1. The fraction of sp³-hybridized carbons (Fsp3) is 0.235. The SMILES string of the molecule is CN(C)CCN(c1ccccc1)c1ccccc1NC(N)=O. The molecule has 0 radical (unpaired) electrons. The summed E-state index contributed by atoms with van der Waals surface area (Å²) in [6.45, 7) is 1.69. The minimum Gasteiger partial charge on any atom is -0.351 e. The maximum atomic E-state index is 11.2. The molecule has 116 valence electrons. The molecule has 0 bridgehead atoms. The van der Waals surface area contributed by atoms with E-state index >= 15 is 0 Å². The second kappa shape index (κ2) is 7.47. The summed E-state index contributed by atoms with van der Waals surface area (Å²) in [6.07, 6.45) is 0. The van der Waals surface area contributed by atoms with Gasteiger partial charge >= 0.3 is 6.03 Å². The van der Waals surface area contributed by atoms with Crippen molar-refractivity contribution in [2.24, 2.45) is 5.73 Å². The Morgan fingerprint density at radius 2 is 1.64 bits per heavy atom. The van der Waals surface area contributed by atoms with Crippen molar-refractivity contribution >= 4 is 23.1 Å². The third-order valence-electron chi connectivity index (χ3n) is 3.29. The number of urea groups is 1. The molecule has 22 heavy (non-hydrogen) atoms. The van der Waals surface area contributed by atoms with E-state index in [9.17, 15) is 4.79 Å². The Morgan fingerprint density at radius 3 is 2.27 bits per heavy atom. The molecule has 2 aromatic carbocycles. The summed E-state index contributed by atoms with van der Waals surface area (Å²) < 4.78 is 0. The monoisotopic (exact) mass is 298 g/mol. The largest absolute Gasteiger partial charge is 0.351 e. The van der Waals surface area contributed by atoms with Gasteiger partial charge in [0, 0.05) is 18.8 Å². The van der Waals surface area contributed by atoms with Gasteiger partial charge in [-0.3, -0.25) is 0 Å². The Hall–Kier alpha value is -2.53. The fourth-order valence-corrected chi connectivity index (χ4v) is 2.24. The summed E-state index contributed by atoms with van der Waals surface area (Å²) in [4.78, 5) is 15.5. The zero-order chi connectivity index (χ0) is 15.9. The molecule has 0 aliphatic carbocycles. The molecule has 0 aliphatic rings. The minimum absolute atomic E-state index is 0.562. The molecule has 3 N–H and O–H groups in total. The van der Waals surface area contributed by atoms with Gasteiger partial charge in [0.2, 0.25) is 0 Å². The first-order valence-electron chi connectivity index (χ1n) is 7.20. The van der Waals surface area contributed by atoms with Crippen molar-refractivity contribution in [3.63, 3.8) is 0 Å². The first-order chi connectivity index (χ1) is 10.6. The van der Waals surface area contributed by atoms with Crippen LogP contribution in [0.3, 0.4) is 0 Å². The van der Waals surface area contributed by atoms with Crippen LogP contribution in [0.4, 0.5) is 21.9 Å². The summed E-state index contributed by atoms with van der Waals surface area (Å²) in [5, 5.41) is 2.69. The van der Waals surface area contributed by atoms with Gasteiger partial charge in [-0.15, -0.1) is 0 Å². The van der Waals surface area contributed by atoms with Gasteiger partial charge in [-0.05, 0) is 38.4 Å². The van der Waals surface area contributed by atoms with Crippen LogP contribution in [0.2, 0.25) is 0 Å². The lowest BCUT2D eigenvalue weighted by atomic mass is 10.2. The van der Waals surface area contributed by atoms with E-state index in [1.807, 2.05) is 56.6 Å². The highest BCUT2D eigenvalue weighted by Crippen LogP contribution is 2.31. The number of anilines is 3. The van der Waals surface area contributed by atoms with Crippen LogP contribution in [0.5, 0.6) is 0 Å². The predicted molar refractivity (Wildman–Crippen MR) is 91.7 cm³/mol. The van der Waals surface area contributed by atoms with Crippen LogP contribution in [-0.4, -0.2) is 38.1 Å². The quantitative estimate of drug-likeness (QED) is 0.862. The van der Waals surface area contributed by atoms with Crippen LogP contribution in [-0.2, 0) is 0 Å². The standard InChI is InChI=1S/C17H22N4O/c1-20(2)12-13-21(14-8-4-3-5-9-14)16-11-7-6-10-15(16)19-17(18)22/h3-11H,12-13H2,1-2H3,(H3,18,19,22). The summed E-state index contributed by atoms with van der Waals surface area (Å²) in [5.74, 6) is 0. The van der Waals surface area contributed by atoms with E-state index in [4.69, 9.17) is 5.73 Å². The molecule has 2 aromatic rings. The maximum Gasteiger partial charge on any atom is 0.316 e. The number of amides is 2. The van der Waals surface area contributed by atoms with E-state index in [-0.39, 0.29) is 0 Å². The third kappa shape index (κ3) is 4.23. The third-order valence-corrected chi connectivity index (χ3v) is 3.29. The van der Waals surface area contributed by atoms with Gasteiger partial charge < -0.3 is 20.9 Å². The molecule has 0 aliphatic heterocycles. The van der Waals surface area contributed by atoms with Crippen molar-refractivity contribution in [3.05, 3.63) is 54.6 Å². The molecule has 2 rings (SSSR count). The summed E-state index contributed by atoms with van der Waals surface area (Å²) in [7, 11) is 4.08. The number of rotatable bonds is 6. The average Bonchev–Trinajstić information content (AvgIpc) is 2.49. The van der Waals surface area contributed by atoms with E-state index in [2.05, 4.69) is 27.2 Å². The Labute approximate surface area is 131 Å². The first-order valence-corrected chi connectivity index (χ1v) is 7.20. The van der Waals surface area contributed by atoms with Crippen molar-refractivity contribution in [1.82, 2.24) is 4.90 Å². The summed E-state index contributed by atoms with van der Waals surface area (Å²) >= 11 is 0. The topological polar surface area (TPSA) is 61.6 Å². The lowest BCUT2D eigenvalue weighted by Gasteiger charge is -2.28. The van der Waals surface area contributed by atoms with Gasteiger partial charge in [0.15, 0.2) is 0 Å². The normalized spacial score (nSPS) is 10.5. The fourth-order valence-electron chi connectivity index (χ4n) is 2.24. The van der Waals surface area contributed by atoms with Crippen LogP contribution in [0, 0.1) is 0 Å². The number of primary amides is 1. The molecular weight excluding hydrogens is 276 g/mol. The Bertz CT molecular complexity index is 613. The van der Waals surface area contributed by atoms with Crippen molar-refractivity contribution in [2.45, 2.75) is 0 Å². The average molecular weight is 298 g/mol. The van der Waals surface area contributed by atoms with Crippen LogP contribution in [0.1, 0.15) is 0 Å². The first kappa shape index (κ1) is 15.9. The van der Waals surface area contributed by atoms with Gasteiger partial charge in [0.1, 0.15) is 0 Å². The molecule has 0 aromatic heterocycles.